The summed E-state index contributed by atoms with van der Waals surface area (Å²) >= 11 is 0. The molecule has 0 aliphatic carbocycles. The number of hydrogen-bond donors (Lipinski definition) is 1. The second-order valence-electron chi connectivity index (χ2n) is 4.78. The zero-order chi connectivity index (χ0) is 14.5. The molecule has 1 fully saturated rings. The molecule has 20 heavy (non-hydrogen) atoms. The minimum Gasteiger partial charge on any atom is -0.338 e. The van der Waals surface area contributed by atoms with Gasteiger partial charge in [0.15, 0.2) is 0 Å². The van der Waals surface area contributed by atoms with Crippen LogP contribution in [0.15, 0.2) is 30.3 Å². The lowest BCUT2D eigenvalue weighted by atomic mass is 10.2. The summed E-state index contributed by atoms with van der Waals surface area (Å²) in [6.45, 7) is 1.74. The third-order valence-corrected chi connectivity index (χ3v) is 3.43. The van der Waals surface area contributed by atoms with Crippen molar-refractivity contribution in [2.75, 3.05) is 20.1 Å². The van der Waals surface area contributed by atoms with E-state index in [0.29, 0.717) is 5.56 Å². The molecule has 0 saturated carbocycles. The van der Waals surface area contributed by atoms with Gasteiger partial charge in [0.1, 0.15) is 0 Å². The van der Waals surface area contributed by atoms with E-state index >= 15 is 0 Å². The Kier molecular flexibility index (Phi) is 4.47. The highest BCUT2D eigenvalue weighted by Crippen LogP contribution is 2.14. The van der Waals surface area contributed by atoms with Crippen LogP contribution in [0.2, 0.25) is 0 Å². The smallest absolute Gasteiger partial charge is 0.270 e. The maximum Gasteiger partial charge on any atom is 0.270 e. The van der Waals surface area contributed by atoms with E-state index < -0.39 is 4.92 Å². The largest absolute Gasteiger partial charge is 0.338 e. The van der Waals surface area contributed by atoms with E-state index in [1.54, 1.807) is 30.2 Å². The molecule has 1 atom stereocenters. The Morgan fingerprint density at radius 3 is 3.00 bits per heavy atom. The molecule has 2 rings (SSSR count). The zero-order valence-electron chi connectivity index (χ0n) is 11.3. The molecule has 1 aromatic rings. The number of nitro benzene ring substituents is 1. The minimum atomic E-state index is -0.449. The lowest BCUT2D eigenvalue weighted by Gasteiger charge is -2.22. The fraction of sp³-hybridized carbons (Fsp3) is 0.357. The molecular formula is C14H17N3O3. The van der Waals surface area contributed by atoms with Crippen molar-refractivity contribution < 1.29 is 9.72 Å². The Morgan fingerprint density at radius 2 is 2.35 bits per heavy atom. The van der Waals surface area contributed by atoms with Crippen LogP contribution in [0.3, 0.4) is 0 Å². The summed E-state index contributed by atoms with van der Waals surface area (Å²) in [7, 11) is 1.78. The molecule has 6 heteroatoms. The summed E-state index contributed by atoms with van der Waals surface area (Å²) in [5, 5.41) is 13.9. The lowest BCUT2D eigenvalue weighted by molar-refractivity contribution is -0.384. The molecule has 1 amide bonds. The number of non-ortho nitro benzene ring substituents is 1. The van der Waals surface area contributed by atoms with E-state index in [-0.39, 0.29) is 17.6 Å². The van der Waals surface area contributed by atoms with Gasteiger partial charge >= 0.3 is 0 Å². The van der Waals surface area contributed by atoms with Crippen molar-refractivity contribution >= 4 is 17.7 Å². The maximum atomic E-state index is 12.0. The first-order valence-electron chi connectivity index (χ1n) is 6.48. The molecule has 0 radical (unpaired) electrons. The van der Waals surface area contributed by atoms with Crippen LogP contribution in [0.5, 0.6) is 0 Å². The molecular weight excluding hydrogens is 258 g/mol. The molecule has 106 valence electrons. The molecule has 0 spiro atoms. The van der Waals surface area contributed by atoms with Gasteiger partial charge in [-0.1, -0.05) is 12.1 Å². The normalized spacial score (nSPS) is 18.4. The molecule has 0 aromatic heterocycles. The first-order chi connectivity index (χ1) is 9.58. The molecule has 1 unspecified atom stereocenters. The second-order valence-corrected chi connectivity index (χ2v) is 4.78. The zero-order valence-corrected chi connectivity index (χ0v) is 11.3. The Morgan fingerprint density at radius 1 is 1.55 bits per heavy atom. The minimum absolute atomic E-state index is 0.0212. The highest BCUT2D eigenvalue weighted by Gasteiger charge is 2.21. The van der Waals surface area contributed by atoms with E-state index in [4.69, 9.17) is 0 Å². The molecule has 0 bridgehead atoms. The van der Waals surface area contributed by atoms with Gasteiger partial charge in [-0.25, -0.2) is 0 Å². The van der Waals surface area contributed by atoms with Gasteiger partial charge in [0.25, 0.3) is 5.69 Å². The summed E-state index contributed by atoms with van der Waals surface area (Å²) in [6.07, 6.45) is 4.01. The van der Waals surface area contributed by atoms with E-state index in [1.165, 1.54) is 18.2 Å². The summed E-state index contributed by atoms with van der Waals surface area (Å²) < 4.78 is 0. The van der Waals surface area contributed by atoms with Crippen molar-refractivity contribution in [3.63, 3.8) is 0 Å². The summed E-state index contributed by atoms with van der Waals surface area (Å²) in [6, 6.07) is 6.43. The molecule has 6 nitrogen and oxygen atoms in total. The summed E-state index contributed by atoms with van der Waals surface area (Å²) in [4.78, 5) is 23.9. The predicted octanol–water partition coefficient (Wildman–Crippen LogP) is 1.43. The second kappa shape index (κ2) is 6.29. The van der Waals surface area contributed by atoms with Gasteiger partial charge in [-0.15, -0.1) is 0 Å². The van der Waals surface area contributed by atoms with Crippen LogP contribution < -0.4 is 5.32 Å². The molecule has 1 aliphatic rings. The van der Waals surface area contributed by atoms with Crippen LogP contribution in [-0.2, 0) is 4.79 Å². The number of nitrogens with one attached hydrogen (secondary N) is 1. The van der Waals surface area contributed by atoms with Crippen LogP contribution in [0.1, 0.15) is 12.0 Å². The number of carbonyl (C=O) groups is 1. The number of benzene rings is 1. The number of hydrogen-bond acceptors (Lipinski definition) is 4. The van der Waals surface area contributed by atoms with E-state index in [9.17, 15) is 14.9 Å². The van der Waals surface area contributed by atoms with Crippen molar-refractivity contribution in [2.45, 2.75) is 12.5 Å². The quantitative estimate of drug-likeness (QED) is 0.512. The fourth-order valence-electron chi connectivity index (χ4n) is 2.18. The van der Waals surface area contributed by atoms with E-state index in [0.717, 1.165) is 19.5 Å². The van der Waals surface area contributed by atoms with Crippen molar-refractivity contribution in [1.82, 2.24) is 10.2 Å². The van der Waals surface area contributed by atoms with E-state index in [2.05, 4.69) is 5.32 Å². The van der Waals surface area contributed by atoms with Gasteiger partial charge < -0.3 is 10.2 Å². The van der Waals surface area contributed by atoms with E-state index in [1.807, 2.05) is 0 Å². The lowest BCUT2D eigenvalue weighted by Crippen LogP contribution is -2.37. The molecule has 1 heterocycles. The highest BCUT2D eigenvalue weighted by molar-refractivity contribution is 5.91. The van der Waals surface area contributed by atoms with Crippen LogP contribution in [-0.4, -0.2) is 41.9 Å². The van der Waals surface area contributed by atoms with Crippen molar-refractivity contribution in [3.8, 4) is 0 Å². The Balaban J connectivity index is 2.02. The number of nitrogens with zero attached hydrogens (tertiary/aromatic N) is 2. The van der Waals surface area contributed by atoms with Gasteiger partial charge in [-0.05, 0) is 24.6 Å². The average molecular weight is 275 g/mol. The average Bonchev–Trinajstić information content (AvgIpc) is 2.98. The maximum absolute atomic E-state index is 12.0. The first-order valence-corrected chi connectivity index (χ1v) is 6.48. The number of amides is 1. The fourth-order valence-corrected chi connectivity index (χ4v) is 2.18. The summed E-state index contributed by atoms with van der Waals surface area (Å²) in [5.41, 5.74) is 0.665. The number of carbonyl (C=O) groups excluding carboxylic acids is 1. The SMILES string of the molecule is CN(C(=O)/C=C/c1cccc([N+](=O)[O-])c1)C1CCNC1. The van der Waals surface area contributed by atoms with Crippen LogP contribution in [0.25, 0.3) is 6.08 Å². The number of nitro groups is 1. The molecule has 1 saturated heterocycles. The Hall–Kier alpha value is -2.21. The third kappa shape index (κ3) is 3.42. The van der Waals surface area contributed by atoms with Crippen molar-refractivity contribution in [1.29, 1.82) is 0 Å². The summed E-state index contributed by atoms with van der Waals surface area (Å²) in [5.74, 6) is -0.0924. The van der Waals surface area contributed by atoms with Crippen molar-refractivity contribution in [2.24, 2.45) is 0 Å². The highest BCUT2D eigenvalue weighted by atomic mass is 16.6. The van der Waals surface area contributed by atoms with Crippen LogP contribution in [0.4, 0.5) is 5.69 Å². The molecule has 1 N–H and O–H groups in total. The van der Waals surface area contributed by atoms with Gasteiger partial charge in [0, 0.05) is 37.8 Å². The van der Waals surface area contributed by atoms with Gasteiger partial charge in [-0.2, -0.15) is 0 Å². The third-order valence-electron chi connectivity index (χ3n) is 3.43. The Bertz CT molecular complexity index is 536. The Labute approximate surface area is 117 Å². The number of rotatable bonds is 4. The molecule has 1 aromatic carbocycles. The standard InChI is InChI=1S/C14H17N3O3/c1-16(13-7-8-15-10-13)14(18)6-5-11-3-2-4-12(9-11)17(19)20/h2-6,9,13,15H,7-8,10H2,1H3/b6-5+. The topological polar surface area (TPSA) is 75.5 Å². The van der Waals surface area contributed by atoms with Gasteiger partial charge in [-0.3, -0.25) is 14.9 Å². The predicted molar refractivity (Wildman–Crippen MR) is 76.2 cm³/mol. The number of likely N-dealkylation sites (N-methyl/N-ethyl adjacent to an activating group) is 1. The molecule has 1 aliphatic heterocycles. The van der Waals surface area contributed by atoms with Gasteiger partial charge in [0.05, 0.1) is 4.92 Å². The first kappa shape index (κ1) is 14.2. The van der Waals surface area contributed by atoms with Crippen LogP contribution >= 0.6 is 0 Å². The monoisotopic (exact) mass is 275 g/mol. The van der Waals surface area contributed by atoms with Crippen LogP contribution in [0, 0.1) is 10.1 Å². The van der Waals surface area contributed by atoms with Crippen molar-refractivity contribution in [3.05, 3.63) is 46.0 Å². The van der Waals surface area contributed by atoms with Gasteiger partial charge in [0.2, 0.25) is 5.91 Å².